The van der Waals surface area contributed by atoms with E-state index < -0.39 is 0 Å². The minimum atomic E-state index is 0.572. The van der Waals surface area contributed by atoms with Crippen molar-refractivity contribution in [3.63, 3.8) is 0 Å². The predicted octanol–water partition coefficient (Wildman–Crippen LogP) is 2.54. The van der Waals surface area contributed by atoms with Crippen LogP contribution in [0.4, 0.5) is 0 Å². The lowest BCUT2D eigenvalue weighted by atomic mass is 10.2. The first-order valence-corrected chi connectivity index (χ1v) is 9.07. The van der Waals surface area contributed by atoms with Gasteiger partial charge < -0.3 is 14.8 Å². The molecule has 24 heavy (non-hydrogen) atoms. The number of ether oxygens (including phenoxy) is 2. The highest BCUT2D eigenvalue weighted by atomic mass is 35.5. The van der Waals surface area contributed by atoms with Crippen LogP contribution in [-0.4, -0.2) is 46.2 Å². The summed E-state index contributed by atoms with van der Waals surface area (Å²) in [6.45, 7) is 4.06. The van der Waals surface area contributed by atoms with Crippen molar-refractivity contribution >= 4 is 23.4 Å². The average Bonchev–Trinajstić information content (AvgIpc) is 2.98. The van der Waals surface area contributed by atoms with Crippen molar-refractivity contribution in [3.8, 4) is 11.5 Å². The Morgan fingerprint density at radius 1 is 1.33 bits per heavy atom. The average molecular weight is 372 g/mol. The predicted molar refractivity (Wildman–Crippen MR) is 95.0 cm³/mol. The van der Waals surface area contributed by atoms with E-state index in [1.54, 1.807) is 29.6 Å². The van der Waals surface area contributed by atoms with E-state index in [0.717, 1.165) is 29.4 Å². The zero-order valence-corrected chi connectivity index (χ0v) is 15.7. The molecule has 0 unspecified atom stereocenters. The van der Waals surface area contributed by atoms with Crippen LogP contribution in [0.25, 0.3) is 0 Å². The molecule has 0 aliphatic rings. The second-order valence-electron chi connectivity index (χ2n) is 4.99. The van der Waals surface area contributed by atoms with Gasteiger partial charge >= 0.3 is 0 Å². The van der Waals surface area contributed by atoms with Gasteiger partial charge in [0, 0.05) is 30.4 Å². The summed E-state index contributed by atoms with van der Waals surface area (Å²) in [6.07, 6.45) is 1.00. The van der Waals surface area contributed by atoms with Crippen LogP contribution in [0.5, 0.6) is 11.5 Å². The van der Waals surface area contributed by atoms with Gasteiger partial charge in [-0.15, -0.1) is 5.10 Å². The van der Waals surface area contributed by atoms with Gasteiger partial charge in [0.2, 0.25) is 5.16 Å². The van der Waals surface area contributed by atoms with Gasteiger partial charge in [0.05, 0.1) is 13.7 Å². The summed E-state index contributed by atoms with van der Waals surface area (Å²) in [5.74, 6) is 2.31. The Morgan fingerprint density at radius 2 is 2.17 bits per heavy atom. The lowest BCUT2D eigenvalue weighted by Crippen LogP contribution is -2.16. The third kappa shape index (κ3) is 5.25. The van der Waals surface area contributed by atoms with Gasteiger partial charge in [0.25, 0.3) is 0 Å². The van der Waals surface area contributed by atoms with Crippen LogP contribution in [0.15, 0.2) is 17.3 Å². The molecule has 2 rings (SSSR count). The molecule has 0 saturated heterocycles. The number of hydrogen-bond donors (Lipinski definition) is 1. The number of benzene rings is 1. The van der Waals surface area contributed by atoms with Gasteiger partial charge in [0.15, 0.2) is 11.5 Å². The fraction of sp³-hybridized carbons (Fsp3) is 0.533. The molecule has 0 amide bonds. The van der Waals surface area contributed by atoms with E-state index in [2.05, 4.69) is 20.8 Å². The van der Waals surface area contributed by atoms with E-state index in [1.807, 2.05) is 20.0 Å². The Balaban J connectivity index is 1.76. The van der Waals surface area contributed by atoms with Crippen molar-refractivity contribution in [2.45, 2.75) is 25.0 Å². The minimum Gasteiger partial charge on any atom is -0.493 e. The highest BCUT2D eigenvalue weighted by molar-refractivity contribution is 7.99. The Hall–Kier alpha value is -1.51. The maximum atomic E-state index is 6.31. The molecule has 2 aromatic rings. The number of tetrazole rings is 1. The summed E-state index contributed by atoms with van der Waals surface area (Å²) in [5, 5.41) is 16.2. The van der Waals surface area contributed by atoms with E-state index >= 15 is 0 Å². The van der Waals surface area contributed by atoms with Gasteiger partial charge in [-0.1, -0.05) is 23.4 Å². The first kappa shape index (κ1) is 18.8. The Bertz CT molecular complexity index is 653. The summed E-state index contributed by atoms with van der Waals surface area (Å²) in [4.78, 5) is 0. The number of thioether (sulfide) groups is 1. The van der Waals surface area contributed by atoms with E-state index in [4.69, 9.17) is 21.1 Å². The van der Waals surface area contributed by atoms with E-state index in [-0.39, 0.29) is 0 Å². The molecule has 1 aromatic carbocycles. The molecule has 9 heteroatoms. The van der Waals surface area contributed by atoms with Crippen LogP contribution in [0.2, 0.25) is 5.02 Å². The van der Waals surface area contributed by atoms with Crippen LogP contribution in [0, 0.1) is 0 Å². The monoisotopic (exact) mass is 371 g/mol. The maximum Gasteiger partial charge on any atom is 0.209 e. The van der Waals surface area contributed by atoms with Gasteiger partial charge in [-0.3, -0.25) is 0 Å². The Morgan fingerprint density at radius 3 is 2.83 bits per heavy atom. The largest absolute Gasteiger partial charge is 0.493 e. The lowest BCUT2D eigenvalue weighted by Gasteiger charge is -2.13. The number of halogens is 1. The zero-order chi connectivity index (χ0) is 17.4. The molecule has 0 aliphatic carbocycles. The molecule has 1 N–H and O–H groups in total. The van der Waals surface area contributed by atoms with Crippen LogP contribution in [0.1, 0.15) is 18.9 Å². The van der Waals surface area contributed by atoms with E-state index in [9.17, 15) is 0 Å². The van der Waals surface area contributed by atoms with Gasteiger partial charge in [-0.2, -0.15) is 0 Å². The second-order valence-corrected chi connectivity index (χ2v) is 6.46. The molecule has 0 atom stereocenters. The fourth-order valence-corrected chi connectivity index (χ4v) is 3.08. The van der Waals surface area contributed by atoms with Crippen molar-refractivity contribution < 1.29 is 9.47 Å². The summed E-state index contributed by atoms with van der Waals surface area (Å²) >= 11 is 7.96. The van der Waals surface area contributed by atoms with Crippen LogP contribution < -0.4 is 14.8 Å². The van der Waals surface area contributed by atoms with Crippen LogP contribution in [0.3, 0.4) is 0 Å². The van der Waals surface area contributed by atoms with Crippen molar-refractivity contribution in [2.24, 2.45) is 7.05 Å². The highest BCUT2D eigenvalue weighted by Gasteiger charge is 2.10. The standard InChI is InChI=1S/C15H22ClN5O2S/c1-4-23-14-9-12(16)11(8-13(14)22-3)10-17-6-5-7-24-15-18-19-20-21(15)2/h8-9,17H,4-7,10H2,1-3H3. The fourth-order valence-electron chi connectivity index (χ4n) is 2.07. The smallest absolute Gasteiger partial charge is 0.209 e. The maximum absolute atomic E-state index is 6.31. The Kier molecular flexibility index (Phi) is 7.61. The molecule has 0 spiro atoms. The highest BCUT2D eigenvalue weighted by Crippen LogP contribution is 2.33. The molecule has 1 aromatic heterocycles. The van der Waals surface area contributed by atoms with E-state index in [0.29, 0.717) is 29.7 Å². The zero-order valence-electron chi connectivity index (χ0n) is 14.1. The SMILES string of the molecule is CCOc1cc(Cl)c(CNCCCSc2nnnn2C)cc1OC. The molecule has 1 heterocycles. The summed E-state index contributed by atoms with van der Waals surface area (Å²) in [7, 11) is 3.46. The quantitative estimate of drug-likeness (QED) is 0.508. The number of methoxy groups -OCH3 is 1. The molecular formula is C15H22ClN5O2S. The number of aromatic nitrogens is 4. The first-order valence-electron chi connectivity index (χ1n) is 7.70. The summed E-state index contributed by atoms with van der Waals surface area (Å²) in [6, 6.07) is 3.72. The third-order valence-corrected chi connectivity index (χ3v) is 4.71. The number of rotatable bonds is 10. The van der Waals surface area contributed by atoms with Crippen LogP contribution >= 0.6 is 23.4 Å². The lowest BCUT2D eigenvalue weighted by molar-refractivity contribution is 0.310. The Labute approximate surface area is 151 Å². The molecule has 0 saturated carbocycles. The van der Waals surface area contributed by atoms with Crippen molar-refractivity contribution in [2.75, 3.05) is 26.0 Å². The third-order valence-electron chi connectivity index (χ3n) is 3.26. The molecule has 0 fully saturated rings. The number of nitrogens with one attached hydrogen (secondary N) is 1. The van der Waals surface area contributed by atoms with E-state index in [1.165, 1.54) is 0 Å². The summed E-state index contributed by atoms with van der Waals surface area (Å²) in [5.41, 5.74) is 0.988. The molecule has 0 bridgehead atoms. The second kappa shape index (κ2) is 9.71. The molecule has 132 valence electrons. The van der Waals surface area contributed by atoms with Crippen molar-refractivity contribution in [3.05, 3.63) is 22.7 Å². The number of hydrogen-bond acceptors (Lipinski definition) is 7. The van der Waals surface area contributed by atoms with Gasteiger partial charge in [-0.05, 0) is 41.9 Å². The normalized spacial score (nSPS) is 10.8. The van der Waals surface area contributed by atoms with Crippen LogP contribution in [-0.2, 0) is 13.6 Å². The number of aryl methyl sites for hydroxylation is 1. The topological polar surface area (TPSA) is 74.1 Å². The van der Waals surface area contributed by atoms with Crippen molar-refractivity contribution in [1.82, 2.24) is 25.5 Å². The first-order chi connectivity index (χ1) is 11.7. The molecular weight excluding hydrogens is 350 g/mol. The van der Waals surface area contributed by atoms with Crippen molar-refractivity contribution in [1.29, 1.82) is 0 Å². The molecule has 0 radical (unpaired) electrons. The molecule has 0 aliphatic heterocycles. The minimum absolute atomic E-state index is 0.572. The molecule has 7 nitrogen and oxygen atoms in total. The van der Waals surface area contributed by atoms with Gasteiger partial charge in [0.1, 0.15) is 0 Å². The van der Waals surface area contributed by atoms with Gasteiger partial charge in [-0.25, -0.2) is 4.68 Å². The summed E-state index contributed by atoms with van der Waals surface area (Å²) < 4.78 is 12.5. The number of nitrogens with zero attached hydrogens (tertiary/aromatic N) is 4.